The lowest BCUT2D eigenvalue weighted by Crippen LogP contribution is -2.15. The molecule has 1 N–H and O–H groups in total. The predicted octanol–water partition coefficient (Wildman–Crippen LogP) is 5.95. The lowest BCUT2D eigenvalue weighted by Gasteiger charge is -2.17. The molecule has 0 aliphatic heterocycles. The largest absolute Gasteiger partial charge is 0.508 e. The van der Waals surface area contributed by atoms with Crippen molar-refractivity contribution in [2.24, 2.45) is 0 Å². The van der Waals surface area contributed by atoms with E-state index in [1.165, 1.54) is 16.7 Å². The molecule has 0 aliphatic rings. The number of likely N-dealkylation sites (N-methyl/N-ethyl adjacent to an activating group) is 1. The zero-order valence-corrected chi connectivity index (χ0v) is 16.8. The Morgan fingerprint density at radius 1 is 0.786 bits per heavy atom. The molecule has 2 nitrogen and oxygen atoms in total. The molecule has 0 radical (unpaired) electrons. The second kappa shape index (κ2) is 9.20. The molecule has 0 fully saturated rings. The highest BCUT2D eigenvalue weighted by Gasteiger charge is 2.10. The van der Waals surface area contributed by atoms with E-state index in [1.807, 2.05) is 30.3 Å². The quantitative estimate of drug-likeness (QED) is 0.543. The van der Waals surface area contributed by atoms with Crippen LogP contribution in [0.25, 0.3) is 17.7 Å². The molecular weight excluding hydrogens is 342 g/mol. The van der Waals surface area contributed by atoms with Gasteiger partial charge in [-0.3, -0.25) is 0 Å². The van der Waals surface area contributed by atoms with E-state index < -0.39 is 0 Å². The lowest BCUT2D eigenvalue weighted by molar-refractivity contribution is 0.446. The average molecular weight is 370 g/mol. The normalized spacial score (nSPS) is 12.4. The summed E-state index contributed by atoms with van der Waals surface area (Å²) in [7, 11) is 4.14. The molecule has 0 saturated heterocycles. The number of aromatic hydroxyl groups is 1. The van der Waals surface area contributed by atoms with E-state index in [1.54, 1.807) is 6.07 Å². The van der Waals surface area contributed by atoms with Crippen molar-refractivity contribution in [2.45, 2.75) is 6.92 Å². The third kappa shape index (κ3) is 5.21. The minimum Gasteiger partial charge on any atom is -0.508 e. The van der Waals surface area contributed by atoms with Gasteiger partial charge < -0.3 is 10.0 Å². The molecular formula is C26H27NO. The van der Waals surface area contributed by atoms with Crippen molar-refractivity contribution < 1.29 is 5.11 Å². The van der Waals surface area contributed by atoms with Gasteiger partial charge in [0.05, 0.1) is 0 Å². The monoisotopic (exact) mass is 369 g/mol. The lowest BCUT2D eigenvalue weighted by atomic mass is 9.92. The van der Waals surface area contributed by atoms with Gasteiger partial charge in [-0.15, -0.1) is 0 Å². The van der Waals surface area contributed by atoms with Crippen LogP contribution in [0.2, 0.25) is 0 Å². The van der Waals surface area contributed by atoms with Crippen LogP contribution in [0.5, 0.6) is 5.75 Å². The van der Waals surface area contributed by atoms with E-state index in [9.17, 15) is 5.11 Å². The maximum absolute atomic E-state index is 9.95. The maximum Gasteiger partial charge on any atom is 0.116 e. The molecule has 0 aromatic heterocycles. The smallest absolute Gasteiger partial charge is 0.116 e. The van der Waals surface area contributed by atoms with Gasteiger partial charge in [-0.2, -0.15) is 0 Å². The van der Waals surface area contributed by atoms with Gasteiger partial charge in [0.2, 0.25) is 0 Å². The van der Waals surface area contributed by atoms with Gasteiger partial charge in [0, 0.05) is 6.54 Å². The summed E-state index contributed by atoms with van der Waals surface area (Å²) in [6.07, 6.45) is 4.25. The molecule has 0 atom stereocenters. The van der Waals surface area contributed by atoms with E-state index in [0.29, 0.717) is 0 Å². The van der Waals surface area contributed by atoms with Crippen LogP contribution in [0.15, 0.2) is 84.4 Å². The Labute approximate surface area is 168 Å². The van der Waals surface area contributed by atoms with Crippen molar-refractivity contribution in [1.29, 1.82) is 0 Å². The van der Waals surface area contributed by atoms with Crippen LogP contribution >= 0.6 is 0 Å². The first kappa shape index (κ1) is 19.7. The van der Waals surface area contributed by atoms with Crippen molar-refractivity contribution in [1.82, 2.24) is 4.90 Å². The van der Waals surface area contributed by atoms with E-state index in [-0.39, 0.29) is 5.75 Å². The van der Waals surface area contributed by atoms with Crippen LogP contribution in [0, 0.1) is 0 Å². The Balaban J connectivity index is 1.93. The van der Waals surface area contributed by atoms with E-state index >= 15 is 0 Å². The molecule has 28 heavy (non-hydrogen) atoms. The van der Waals surface area contributed by atoms with Crippen LogP contribution in [0.3, 0.4) is 0 Å². The zero-order valence-electron chi connectivity index (χ0n) is 16.8. The fourth-order valence-corrected chi connectivity index (χ4v) is 3.39. The maximum atomic E-state index is 9.95. The van der Waals surface area contributed by atoms with Gasteiger partial charge in [-0.05, 0) is 61.0 Å². The van der Waals surface area contributed by atoms with Crippen LogP contribution in [-0.2, 0) is 0 Å². The number of nitrogens with zero attached hydrogens (tertiary/aromatic N) is 1. The number of rotatable bonds is 6. The summed E-state index contributed by atoms with van der Waals surface area (Å²) >= 11 is 0. The predicted molar refractivity (Wildman–Crippen MR) is 120 cm³/mol. The Morgan fingerprint density at radius 3 is 2.04 bits per heavy atom. The highest BCUT2D eigenvalue weighted by Crippen LogP contribution is 2.29. The number of phenols is 1. The summed E-state index contributed by atoms with van der Waals surface area (Å²) in [5.41, 5.74) is 6.97. The Hall–Kier alpha value is -3.10. The number of hydrogen-bond donors (Lipinski definition) is 1. The van der Waals surface area contributed by atoms with Gasteiger partial charge >= 0.3 is 0 Å². The summed E-state index contributed by atoms with van der Waals surface area (Å²) < 4.78 is 0. The number of benzene rings is 3. The van der Waals surface area contributed by atoms with Crippen LogP contribution < -0.4 is 0 Å². The first-order valence-electron chi connectivity index (χ1n) is 9.50. The average Bonchev–Trinajstić information content (AvgIpc) is 2.68. The van der Waals surface area contributed by atoms with Crippen molar-refractivity contribution in [3.8, 4) is 5.75 Å². The second-order valence-corrected chi connectivity index (χ2v) is 7.31. The first-order valence-corrected chi connectivity index (χ1v) is 9.50. The summed E-state index contributed by atoms with van der Waals surface area (Å²) in [5, 5.41) is 9.95. The second-order valence-electron chi connectivity index (χ2n) is 7.31. The molecule has 0 unspecified atom stereocenters. The topological polar surface area (TPSA) is 23.5 Å². The standard InChI is InChI=1S/C26H27NO/c1-20(19-27(2)3)26(24-10-7-11-25(28)18-24)23-16-14-22(15-17-23)13-12-21-8-5-4-6-9-21/h4-18,28H,19H2,1-3H3/b13-12?,26-20-. The van der Waals surface area contributed by atoms with Crippen LogP contribution in [-0.4, -0.2) is 30.6 Å². The van der Waals surface area contributed by atoms with Crippen molar-refractivity contribution in [3.05, 3.63) is 107 Å². The molecule has 3 aromatic rings. The Kier molecular flexibility index (Phi) is 6.46. The number of phenolic OH excluding ortho intramolecular Hbond substituents is 1. The Bertz CT molecular complexity index is 967. The van der Waals surface area contributed by atoms with E-state index in [0.717, 1.165) is 23.2 Å². The Morgan fingerprint density at radius 2 is 1.43 bits per heavy atom. The van der Waals surface area contributed by atoms with Crippen LogP contribution in [0.1, 0.15) is 29.2 Å². The molecule has 0 spiro atoms. The minimum atomic E-state index is 0.287. The highest BCUT2D eigenvalue weighted by molar-refractivity contribution is 5.83. The first-order chi connectivity index (χ1) is 13.5. The molecule has 0 aliphatic carbocycles. The third-order valence-corrected chi connectivity index (χ3v) is 4.58. The summed E-state index contributed by atoms with van der Waals surface area (Å²) in [4.78, 5) is 2.16. The van der Waals surface area contributed by atoms with E-state index in [2.05, 4.69) is 80.5 Å². The molecule has 0 saturated carbocycles. The summed E-state index contributed by atoms with van der Waals surface area (Å²) in [6.45, 7) is 3.02. The molecule has 0 heterocycles. The third-order valence-electron chi connectivity index (χ3n) is 4.58. The number of hydrogen-bond acceptors (Lipinski definition) is 2. The zero-order chi connectivity index (χ0) is 19.9. The van der Waals surface area contributed by atoms with Gasteiger partial charge in [0.1, 0.15) is 5.75 Å². The summed E-state index contributed by atoms with van der Waals surface area (Å²) in [6, 6.07) is 26.4. The van der Waals surface area contributed by atoms with Gasteiger partial charge in [0.25, 0.3) is 0 Å². The fourth-order valence-electron chi connectivity index (χ4n) is 3.39. The van der Waals surface area contributed by atoms with Crippen molar-refractivity contribution >= 4 is 17.7 Å². The van der Waals surface area contributed by atoms with Gasteiger partial charge in [0.15, 0.2) is 0 Å². The molecule has 0 bridgehead atoms. The van der Waals surface area contributed by atoms with E-state index in [4.69, 9.17) is 0 Å². The molecule has 142 valence electrons. The fraction of sp³-hybridized carbons (Fsp3) is 0.154. The van der Waals surface area contributed by atoms with Crippen molar-refractivity contribution in [3.63, 3.8) is 0 Å². The summed E-state index contributed by atoms with van der Waals surface area (Å²) in [5.74, 6) is 0.287. The molecule has 0 amide bonds. The SMILES string of the molecule is C/C(CN(C)C)=C(\c1ccc(C=Cc2ccccc2)cc1)c1cccc(O)c1. The van der Waals surface area contributed by atoms with Gasteiger partial charge in [-0.1, -0.05) is 84.5 Å². The van der Waals surface area contributed by atoms with Crippen molar-refractivity contribution in [2.75, 3.05) is 20.6 Å². The molecule has 3 aromatic carbocycles. The molecule has 2 heteroatoms. The van der Waals surface area contributed by atoms with Gasteiger partial charge in [-0.25, -0.2) is 0 Å². The molecule has 3 rings (SSSR count). The highest BCUT2D eigenvalue weighted by atomic mass is 16.3. The van der Waals surface area contributed by atoms with Crippen LogP contribution in [0.4, 0.5) is 0 Å². The minimum absolute atomic E-state index is 0.287.